The average Bonchev–Trinajstić information content (AvgIpc) is 2.56. The third-order valence-corrected chi connectivity index (χ3v) is 4.11. The Morgan fingerprint density at radius 3 is 2.28 bits per heavy atom. The van der Waals surface area contributed by atoms with Crippen molar-refractivity contribution in [3.8, 4) is 0 Å². The molecule has 2 rings (SSSR count). The molecule has 2 saturated heterocycles. The van der Waals surface area contributed by atoms with Crippen LogP contribution in [0.25, 0.3) is 0 Å². The number of hydrogen-bond acceptors (Lipinski definition) is 3. The van der Waals surface area contributed by atoms with E-state index in [2.05, 4.69) is 20.8 Å². The molecule has 2 aliphatic rings. The van der Waals surface area contributed by atoms with Crippen LogP contribution in [0, 0.1) is 5.41 Å². The van der Waals surface area contributed by atoms with Crippen LogP contribution in [0.3, 0.4) is 0 Å². The minimum absolute atomic E-state index is 0.0904. The number of piperidine rings is 1. The number of aliphatic hydroxyl groups excluding tert-OH is 1. The predicted octanol–water partition coefficient (Wildman–Crippen LogP) is 1.69. The van der Waals surface area contributed by atoms with Crippen molar-refractivity contribution in [1.82, 2.24) is 4.90 Å². The zero-order valence-electron chi connectivity index (χ0n) is 11.3. The number of amides is 1. The molecule has 2 N–H and O–H groups in total. The van der Waals surface area contributed by atoms with Crippen LogP contribution in [0.4, 0.5) is 4.79 Å². The van der Waals surface area contributed by atoms with Crippen LogP contribution in [0.2, 0.25) is 0 Å². The van der Waals surface area contributed by atoms with Crippen molar-refractivity contribution in [3.63, 3.8) is 0 Å². The second-order valence-corrected chi connectivity index (χ2v) is 6.63. The highest BCUT2D eigenvalue weighted by Crippen LogP contribution is 2.44. The number of ether oxygens (including phenoxy) is 1. The van der Waals surface area contributed by atoms with Gasteiger partial charge in [-0.05, 0) is 18.3 Å². The largest absolute Gasteiger partial charge is 0.465 e. The highest BCUT2D eigenvalue weighted by atomic mass is 16.5. The van der Waals surface area contributed by atoms with E-state index in [9.17, 15) is 9.90 Å². The lowest BCUT2D eigenvalue weighted by molar-refractivity contribution is -0.115. The standard InChI is InChI=1S/C13H23NO4/c1-12(2,3)10-9(15)8-13(18-10)4-6-14(7-5-13)11(16)17/h9-10,15H,4-8H2,1-3H3,(H,16,17). The van der Waals surface area contributed by atoms with Gasteiger partial charge in [0.1, 0.15) is 0 Å². The lowest BCUT2D eigenvalue weighted by atomic mass is 9.83. The topological polar surface area (TPSA) is 70.0 Å². The summed E-state index contributed by atoms with van der Waals surface area (Å²) >= 11 is 0. The molecule has 1 amide bonds. The summed E-state index contributed by atoms with van der Waals surface area (Å²) in [5, 5.41) is 19.1. The molecule has 0 aliphatic carbocycles. The van der Waals surface area contributed by atoms with Crippen molar-refractivity contribution in [2.24, 2.45) is 5.41 Å². The Kier molecular flexibility index (Phi) is 3.32. The van der Waals surface area contributed by atoms with E-state index in [4.69, 9.17) is 9.84 Å². The number of carbonyl (C=O) groups is 1. The first-order chi connectivity index (χ1) is 8.23. The van der Waals surface area contributed by atoms with Gasteiger partial charge in [0.15, 0.2) is 0 Å². The fraction of sp³-hybridized carbons (Fsp3) is 0.923. The van der Waals surface area contributed by atoms with Gasteiger partial charge in [-0.3, -0.25) is 0 Å². The van der Waals surface area contributed by atoms with Crippen molar-refractivity contribution in [2.45, 2.75) is 57.8 Å². The molecule has 0 aromatic carbocycles. The smallest absolute Gasteiger partial charge is 0.407 e. The maximum absolute atomic E-state index is 10.9. The number of likely N-dealkylation sites (tertiary alicyclic amines) is 1. The first-order valence-electron chi connectivity index (χ1n) is 6.57. The molecule has 0 aromatic heterocycles. The molecule has 2 atom stereocenters. The number of hydrogen-bond donors (Lipinski definition) is 2. The quantitative estimate of drug-likeness (QED) is 0.693. The Balaban J connectivity index is 2.02. The van der Waals surface area contributed by atoms with Crippen LogP contribution in [0.1, 0.15) is 40.0 Å². The molecule has 0 bridgehead atoms. The summed E-state index contributed by atoms with van der Waals surface area (Å²) in [4.78, 5) is 12.3. The van der Waals surface area contributed by atoms with Gasteiger partial charge in [-0.25, -0.2) is 4.79 Å². The molecule has 2 fully saturated rings. The van der Waals surface area contributed by atoms with Crippen LogP contribution in [-0.2, 0) is 4.74 Å². The van der Waals surface area contributed by atoms with E-state index in [0.29, 0.717) is 32.4 Å². The van der Waals surface area contributed by atoms with Gasteiger partial charge in [0.2, 0.25) is 0 Å². The van der Waals surface area contributed by atoms with Gasteiger partial charge in [-0.15, -0.1) is 0 Å². The van der Waals surface area contributed by atoms with Crippen molar-refractivity contribution in [3.05, 3.63) is 0 Å². The average molecular weight is 257 g/mol. The zero-order chi connectivity index (χ0) is 13.6. The van der Waals surface area contributed by atoms with E-state index in [1.807, 2.05) is 0 Å². The number of carboxylic acid groups (broad SMARTS) is 1. The lowest BCUT2D eigenvalue weighted by Gasteiger charge is -2.39. The second-order valence-electron chi connectivity index (χ2n) is 6.63. The summed E-state index contributed by atoms with van der Waals surface area (Å²) in [5.41, 5.74) is -0.407. The Morgan fingerprint density at radius 1 is 1.33 bits per heavy atom. The third-order valence-electron chi connectivity index (χ3n) is 4.11. The van der Waals surface area contributed by atoms with Gasteiger partial charge in [0, 0.05) is 19.5 Å². The Hall–Kier alpha value is -0.810. The van der Waals surface area contributed by atoms with Gasteiger partial charge in [-0.1, -0.05) is 20.8 Å². The van der Waals surface area contributed by atoms with E-state index in [1.165, 1.54) is 4.90 Å². The monoisotopic (exact) mass is 257 g/mol. The molecule has 1 spiro atoms. The fourth-order valence-electron chi connectivity index (χ4n) is 3.07. The van der Waals surface area contributed by atoms with E-state index in [1.54, 1.807) is 0 Å². The Labute approximate surface area is 108 Å². The summed E-state index contributed by atoms with van der Waals surface area (Å²) in [6, 6.07) is 0. The summed E-state index contributed by atoms with van der Waals surface area (Å²) < 4.78 is 6.13. The maximum Gasteiger partial charge on any atom is 0.407 e. The van der Waals surface area contributed by atoms with Crippen molar-refractivity contribution in [2.75, 3.05) is 13.1 Å². The first-order valence-corrected chi connectivity index (χ1v) is 6.57. The number of rotatable bonds is 0. The molecule has 2 heterocycles. The summed E-state index contributed by atoms with van der Waals surface area (Å²) in [5.74, 6) is 0. The van der Waals surface area contributed by atoms with Crippen molar-refractivity contribution >= 4 is 6.09 Å². The SMILES string of the molecule is CC(C)(C)C1OC2(CCN(C(=O)O)CC2)CC1O. The number of nitrogens with zero attached hydrogens (tertiary/aromatic N) is 1. The fourth-order valence-corrected chi connectivity index (χ4v) is 3.07. The molecule has 2 aliphatic heterocycles. The highest BCUT2D eigenvalue weighted by molar-refractivity contribution is 5.65. The van der Waals surface area contributed by atoms with Crippen LogP contribution in [-0.4, -0.2) is 52.1 Å². The minimum atomic E-state index is -0.865. The molecule has 18 heavy (non-hydrogen) atoms. The lowest BCUT2D eigenvalue weighted by Crippen LogP contribution is -2.46. The molecule has 5 heteroatoms. The van der Waals surface area contributed by atoms with Gasteiger partial charge >= 0.3 is 6.09 Å². The van der Waals surface area contributed by atoms with E-state index >= 15 is 0 Å². The highest BCUT2D eigenvalue weighted by Gasteiger charge is 2.51. The van der Waals surface area contributed by atoms with Crippen LogP contribution in [0.15, 0.2) is 0 Å². The molecule has 5 nitrogen and oxygen atoms in total. The normalized spacial score (nSPS) is 31.9. The number of aliphatic hydroxyl groups is 1. The van der Waals surface area contributed by atoms with Crippen LogP contribution in [0.5, 0.6) is 0 Å². The predicted molar refractivity (Wildman–Crippen MR) is 66.5 cm³/mol. The Bertz CT molecular complexity index is 328. The summed E-state index contributed by atoms with van der Waals surface area (Å²) in [7, 11) is 0. The molecular formula is C13H23NO4. The zero-order valence-corrected chi connectivity index (χ0v) is 11.3. The van der Waals surface area contributed by atoms with Gasteiger partial charge < -0.3 is 19.8 Å². The van der Waals surface area contributed by atoms with E-state index in [0.717, 1.165) is 0 Å². The van der Waals surface area contributed by atoms with Crippen molar-refractivity contribution in [1.29, 1.82) is 0 Å². The maximum atomic E-state index is 10.9. The van der Waals surface area contributed by atoms with Crippen molar-refractivity contribution < 1.29 is 19.7 Å². The van der Waals surface area contributed by atoms with Crippen LogP contribution < -0.4 is 0 Å². The molecule has 0 aromatic rings. The minimum Gasteiger partial charge on any atom is -0.465 e. The van der Waals surface area contributed by atoms with Gasteiger partial charge in [0.05, 0.1) is 17.8 Å². The molecule has 0 radical (unpaired) electrons. The van der Waals surface area contributed by atoms with Gasteiger partial charge in [0.25, 0.3) is 0 Å². The molecular weight excluding hydrogens is 234 g/mol. The van der Waals surface area contributed by atoms with Gasteiger partial charge in [-0.2, -0.15) is 0 Å². The molecule has 0 saturated carbocycles. The third kappa shape index (κ3) is 2.47. The van der Waals surface area contributed by atoms with E-state index in [-0.39, 0.29) is 17.1 Å². The Morgan fingerprint density at radius 2 is 1.89 bits per heavy atom. The summed E-state index contributed by atoms with van der Waals surface area (Å²) in [6.45, 7) is 7.18. The first kappa shape index (κ1) is 13.6. The van der Waals surface area contributed by atoms with E-state index < -0.39 is 12.2 Å². The van der Waals surface area contributed by atoms with Crippen LogP contribution >= 0.6 is 0 Å². The molecule has 2 unspecified atom stereocenters. The summed E-state index contributed by atoms with van der Waals surface area (Å²) in [6.07, 6.45) is 0.528. The molecule has 104 valence electrons. The second kappa shape index (κ2) is 4.38.